The molecule has 0 aliphatic heterocycles. The third-order valence-corrected chi connectivity index (χ3v) is 3.52. The summed E-state index contributed by atoms with van der Waals surface area (Å²) in [6.45, 7) is 1.32. The lowest BCUT2D eigenvalue weighted by Crippen LogP contribution is -2.30. The summed E-state index contributed by atoms with van der Waals surface area (Å²) in [6, 6.07) is 11.6. The Morgan fingerprint density at radius 3 is 2.69 bits per heavy atom. The van der Waals surface area contributed by atoms with Crippen molar-refractivity contribution < 1.29 is 19.2 Å². The van der Waals surface area contributed by atoms with Crippen molar-refractivity contribution in [2.24, 2.45) is 0 Å². The molecule has 0 fully saturated rings. The van der Waals surface area contributed by atoms with E-state index in [-0.39, 0.29) is 10.6 Å². The van der Waals surface area contributed by atoms with Crippen molar-refractivity contribution in [1.29, 1.82) is 5.26 Å². The molecule has 0 aliphatic rings. The summed E-state index contributed by atoms with van der Waals surface area (Å²) in [4.78, 5) is 34.6. The number of amides is 1. The number of nitro benzene ring substituents is 1. The number of hydrogen-bond acceptors (Lipinski definition) is 6. The highest BCUT2D eigenvalue weighted by Gasteiger charge is 2.25. The van der Waals surface area contributed by atoms with Crippen molar-refractivity contribution in [3.63, 3.8) is 0 Å². The molecule has 1 amide bonds. The molecule has 9 heteroatoms. The number of carbonyl (C=O) groups excluding carboxylic acids is 2. The van der Waals surface area contributed by atoms with Gasteiger partial charge < -0.3 is 10.1 Å². The summed E-state index contributed by atoms with van der Waals surface area (Å²) in [5.41, 5.74) is -0.130. The maximum atomic E-state index is 12.2. The zero-order chi connectivity index (χ0) is 19.3. The van der Waals surface area contributed by atoms with Gasteiger partial charge in [-0.3, -0.25) is 14.9 Å². The summed E-state index contributed by atoms with van der Waals surface area (Å²) in [6.07, 6.45) is -1.23. The number of nitrogens with one attached hydrogen (secondary N) is 1. The number of hydrogen-bond donors (Lipinski definition) is 1. The average Bonchev–Trinajstić information content (AvgIpc) is 2.61. The Morgan fingerprint density at radius 1 is 1.31 bits per heavy atom. The van der Waals surface area contributed by atoms with Gasteiger partial charge in [-0.05, 0) is 37.3 Å². The van der Waals surface area contributed by atoms with Crippen molar-refractivity contribution in [2.75, 3.05) is 5.32 Å². The van der Waals surface area contributed by atoms with Crippen LogP contribution in [0.1, 0.15) is 22.8 Å². The summed E-state index contributed by atoms with van der Waals surface area (Å²) in [5, 5.41) is 22.5. The molecule has 1 N–H and O–H groups in total. The lowest BCUT2D eigenvalue weighted by atomic mass is 10.2. The highest BCUT2D eigenvalue weighted by molar-refractivity contribution is 6.31. The van der Waals surface area contributed by atoms with E-state index in [0.717, 1.165) is 12.1 Å². The first-order valence-corrected chi connectivity index (χ1v) is 7.65. The van der Waals surface area contributed by atoms with Crippen LogP contribution in [0.2, 0.25) is 5.02 Å². The van der Waals surface area contributed by atoms with Crippen LogP contribution in [-0.4, -0.2) is 22.9 Å². The number of nitro groups is 1. The molecule has 2 aromatic carbocycles. The number of carbonyl (C=O) groups is 2. The van der Waals surface area contributed by atoms with Gasteiger partial charge in [0.2, 0.25) is 0 Å². The monoisotopic (exact) mass is 373 g/mol. The van der Waals surface area contributed by atoms with E-state index in [2.05, 4.69) is 5.32 Å². The van der Waals surface area contributed by atoms with E-state index < -0.39 is 28.6 Å². The highest BCUT2D eigenvalue weighted by atomic mass is 35.5. The van der Waals surface area contributed by atoms with E-state index in [9.17, 15) is 19.7 Å². The minimum Gasteiger partial charge on any atom is -0.449 e. The number of esters is 1. The predicted molar refractivity (Wildman–Crippen MR) is 92.8 cm³/mol. The molecular weight excluding hydrogens is 362 g/mol. The SMILES string of the molecule is C[C@@H](OC(=O)c1cc(Cl)ccc1[N+](=O)[O-])C(=O)Nc1cccc(C#N)c1. The minimum absolute atomic E-state index is 0.118. The standard InChI is InChI=1S/C17H12ClN3O5/c1-10(16(22)20-13-4-2-3-11(7-13)9-19)26-17(23)14-8-12(18)5-6-15(14)21(24)25/h2-8,10H,1H3,(H,20,22)/t10-/m1/s1. The second-order valence-corrected chi connectivity index (χ2v) is 5.58. The number of anilines is 1. The van der Waals surface area contributed by atoms with Crippen LogP contribution in [0.15, 0.2) is 42.5 Å². The van der Waals surface area contributed by atoms with Crippen LogP contribution >= 0.6 is 11.6 Å². The molecule has 2 rings (SSSR count). The van der Waals surface area contributed by atoms with E-state index in [4.69, 9.17) is 21.6 Å². The fraction of sp³-hybridized carbons (Fsp3) is 0.118. The van der Waals surface area contributed by atoms with Crippen LogP contribution in [0.25, 0.3) is 0 Å². The number of benzene rings is 2. The summed E-state index contributed by atoms with van der Waals surface area (Å²) < 4.78 is 4.99. The number of halogens is 1. The smallest absolute Gasteiger partial charge is 0.345 e. The third kappa shape index (κ3) is 4.55. The topological polar surface area (TPSA) is 122 Å². The van der Waals surface area contributed by atoms with Gasteiger partial charge in [0.05, 0.1) is 16.6 Å². The molecule has 1 atom stereocenters. The number of nitriles is 1. The Balaban J connectivity index is 2.11. The molecule has 0 spiro atoms. The molecule has 0 bridgehead atoms. The van der Waals surface area contributed by atoms with Crippen LogP contribution in [-0.2, 0) is 9.53 Å². The van der Waals surface area contributed by atoms with Gasteiger partial charge in [-0.2, -0.15) is 5.26 Å². The molecule has 0 saturated heterocycles. The zero-order valence-corrected chi connectivity index (χ0v) is 14.2. The largest absolute Gasteiger partial charge is 0.449 e. The second-order valence-electron chi connectivity index (χ2n) is 5.15. The van der Waals surface area contributed by atoms with Crippen LogP contribution in [0.5, 0.6) is 0 Å². The van der Waals surface area contributed by atoms with Crippen molar-refractivity contribution in [2.45, 2.75) is 13.0 Å². The molecule has 0 saturated carbocycles. The lowest BCUT2D eigenvalue weighted by molar-refractivity contribution is -0.385. The molecule has 0 heterocycles. The normalized spacial score (nSPS) is 11.1. The van der Waals surface area contributed by atoms with Crippen LogP contribution in [0.3, 0.4) is 0 Å². The molecule has 132 valence electrons. The van der Waals surface area contributed by atoms with Gasteiger partial charge in [-0.15, -0.1) is 0 Å². The Morgan fingerprint density at radius 2 is 2.04 bits per heavy atom. The second kappa shape index (κ2) is 8.09. The summed E-state index contributed by atoms with van der Waals surface area (Å²) in [7, 11) is 0. The van der Waals surface area contributed by atoms with Crippen LogP contribution in [0, 0.1) is 21.4 Å². The molecule has 0 aliphatic carbocycles. The van der Waals surface area contributed by atoms with Crippen molar-refractivity contribution in [3.05, 3.63) is 68.7 Å². The fourth-order valence-electron chi connectivity index (χ4n) is 2.02. The first-order chi connectivity index (χ1) is 12.3. The van der Waals surface area contributed by atoms with E-state index in [1.165, 1.54) is 19.1 Å². The predicted octanol–water partition coefficient (Wildman–Crippen LogP) is 3.30. The van der Waals surface area contributed by atoms with Crippen molar-refractivity contribution in [3.8, 4) is 6.07 Å². The van der Waals surface area contributed by atoms with Crippen LogP contribution in [0.4, 0.5) is 11.4 Å². The lowest BCUT2D eigenvalue weighted by Gasteiger charge is -2.14. The molecule has 0 radical (unpaired) electrons. The van der Waals surface area contributed by atoms with Gasteiger partial charge in [0.15, 0.2) is 6.10 Å². The Hall–Kier alpha value is -3.44. The number of rotatable bonds is 5. The summed E-state index contributed by atoms with van der Waals surface area (Å²) >= 11 is 5.76. The van der Waals surface area contributed by atoms with Gasteiger partial charge >= 0.3 is 5.97 Å². The average molecular weight is 374 g/mol. The highest BCUT2D eigenvalue weighted by Crippen LogP contribution is 2.24. The first kappa shape index (κ1) is 18.9. The van der Waals surface area contributed by atoms with Crippen molar-refractivity contribution in [1.82, 2.24) is 0 Å². The minimum atomic E-state index is -1.23. The molecule has 26 heavy (non-hydrogen) atoms. The Bertz CT molecular complexity index is 923. The van der Waals surface area contributed by atoms with E-state index >= 15 is 0 Å². The fourth-order valence-corrected chi connectivity index (χ4v) is 2.19. The van der Waals surface area contributed by atoms with Gasteiger partial charge in [-0.1, -0.05) is 17.7 Å². The Kier molecular flexibility index (Phi) is 5.88. The van der Waals surface area contributed by atoms with Gasteiger partial charge in [0.25, 0.3) is 11.6 Å². The number of nitrogens with zero attached hydrogens (tertiary/aromatic N) is 2. The quantitative estimate of drug-likeness (QED) is 0.487. The van der Waals surface area contributed by atoms with Crippen molar-refractivity contribution >= 4 is 34.9 Å². The van der Waals surface area contributed by atoms with E-state index in [1.807, 2.05) is 6.07 Å². The first-order valence-electron chi connectivity index (χ1n) is 7.27. The molecule has 0 aromatic heterocycles. The van der Waals surface area contributed by atoms with E-state index in [0.29, 0.717) is 11.3 Å². The third-order valence-electron chi connectivity index (χ3n) is 3.29. The summed E-state index contributed by atoms with van der Waals surface area (Å²) in [5.74, 6) is -1.70. The van der Waals surface area contributed by atoms with Crippen LogP contribution < -0.4 is 5.32 Å². The molecule has 8 nitrogen and oxygen atoms in total. The molecule has 2 aromatic rings. The number of ether oxygens (including phenoxy) is 1. The Labute approximate surface area is 153 Å². The maximum absolute atomic E-state index is 12.2. The van der Waals surface area contributed by atoms with Gasteiger partial charge in [0, 0.05) is 16.8 Å². The van der Waals surface area contributed by atoms with Gasteiger partial charge in [0.1, 0.15) is 5.56 Å². The zero-order valence-electron chi connectivity index (χ0n) is 13.4. The molecule has 0 unspecified atom stereocenters. The maximum Gasteiger partial charge on any atom is 0.345 e. The van der Waals surface area contributed by atoms with E-state index in [1.54, 1.807) is 18.2 Å². The van der Waals surface area contributed by atoms with Gasteiger partial charge in [-0.25, -0.2) is 4.79 Å². The molecular formula is C17H12ClN3O5.